The smallest absolute Gasteiger partial charge is 0.0169 e. The van der Waals surface area contributed by atoms with Crippen LogP contribution in [-0.2, 0) is 0 Å². The van der Waals surface area contributed by atoms with E-state index in [0.29, 0.717) is 16.2 Å². The summed E-state index contributed by atoms with van der Waals surface area (Å²) in [5, 5.41) is 0. The van der Waals surface area contributed by atoms with Crippen molar-refractivity contribution in [2.45, 2.75) is 64.7 Å². The van der Waals surface area contributed by atoms with E-state index in [9.17, 15) is 0 Å². The second-order valence-electron chi connectivity index (χ2n) is 8.63. The van der Waals surface area contributed by atoms with E-state index in [1.54, 1.807) is 0 Å². The fraction of sp³-hybridized carbons (Fsp3) is 1.00. The van der Waals surface area contributed by atoms with Crippen LogP contribution in [0.2, 0.25) is 0 Å². The fourth-order valence-electron chi connectivity index (χ4n) is 5.95. The maximum absolute atomic E-state index is 2.78. The minimum Gasteiger partial charge on any atom is -0.0820 e. The SMILES string of the molecule is CC1CC2C(C1I)C(C)C1(CC1)C(C)(C)C2(C)C. The standard InChI is InChI=1S/C17H29I/c1-10-9-12-13(14(10)18)11(2)17(7-8-17)16(5,6)15(12,3)4/h10-14H,7-9H2,1-6H3. The lowest BCUT2D eigenvalue weighted by Crippen LogP contribution is -2.56. The zero-order valence-electron chi connectivity index (χ0n) is 12.9. The van der Waals surface area contributed by atoms with Crippen LogP contribution >= 0.6 is 22.6 Å². The first-order valence-corrected chi connectivity index (χ1v) is 9.05. The van der Waals surface area contributed by atoms with Gasteiger partial charge in [-0.15, -0.1) is 0 Å². The molecule has 0 heterocycles. The third kappa shape index (κ3) is 1.33. The van der Waals surface area contributed by atoms with Crippen LogP contribution in [0.25, 0.3) is 0 Å². The van der Waals surface area contributed by atoms with Gasteiger partial charge in [0.1, 0.15) is 0 Å². The fourth-order valence-corrected chi connectivity index (χ4v) is 7.36. The van der Waals surface area contributed by atoms with E-state index in [2.05, 4.69) is 64.1 Å². The number of hydrogen-bond donors (Lipinski definition) is 0. The van der Waals surface area contributed by atoms with Gasteiger partial charge in [0.15, 0.2) is 0 Å². The van der Waals surface area contributed by atoms with Gasteiger partial charge in [-0.25, -0.2) is 0 Å². The minimum absolute atomic E-state index is 0.509. The van der Waals surface area contributed by atoms with Crippen molar-refractivity contribution in [1.82, 2.24) is 0 Å². The summed E-state index contributed by atoms with van der Waals surface area (Å²) in [6, 6.07) is 0. The van der Waals surface area contributed by atoms with Gasteiger partial charge in [-0.05, 0) is 59.2 Å². The van der Waals surface area contributed by atoms with E-state index in [1.807, 2.05) is 0 Å². The van der Waals surface area contributed by atoms with Gasteiger partial charge in [0.25, 0.3) is 0 Å². The third-order valence-electron chi connectivity index (χ3n) is 8.02. The molecule has 0 aromatic carbocycles. The molecule has 0 aromatic rings. The molecule has 3 aliphatic rings. The average molecular weight is 360 g/mol. The van der Waals surface area contributed by atoms with Crippen LogP contribution in [-0.4, -0.2) is 3.92 Å². The monoisotopic (exact) mass is 360 g/mol. The van der Waals surface area contributed by atoms with E-state index in [-0.39, 0.29) is 0 Å². The highest BCUT2D eigenvalue weighted by Gasteiger charge is 2.71. The Morgan fingerprint density at radius 1 is 1.00 bits per heavy atom. The quantitative estimate of drug-likeness (QED) is 0.393. The zero-order valence-corrected chi connectivity index (χ0v) is 15.0. The van der Waals surface area contributed by atoms with Gasteiger partial charge in [0.05, 0.1) is 0 Å². The Labute approximate surface area is 127 Å². The van der Waals surface area contributed by atoms with Crippen LogP contribution in [0.15, 0.2) is 0 Å². The summed E-state index contributed by atoms with van der Waals surface area (Å²) in [7, 11) is 0. The predicted molar refractivity (Wildman–Crippen MR) is 87.0 cm³/mol. The summed E-state index contributed by atoms with van der Waals surface area (Å²) in [6.45, 7) is 15.4. The summed E-state index contributed by atoms with van der Waals surface area (Å²) in [4.78, 5) is 0. The largest absolute Gasteiger partial charge is 0.0820 e. The molecule has 3 fully saturated rings. The first-order valence-electron chi connectivity index (χ1n) is 7.81. The van der Waals surface area contributed by atoms with Crippen LogP contribution in [0.5, 0.6) is 0 Å². The van der Waals surface area contributed by atoms with Crippen molar-refractivity contribution in [3.05, 3.63) is 0 Å². The molecule has 1 heteroatoms. The van der Waals surface area contributed by atoms with Gasteiger partial charge in [-0.1, -0.05) is 64.1 Å². The van der Waals surface area contributed by atoms with Crippen molar-refractivity contribution < 1.29 is 0 Å². The predicted octanol–water partition coefficient (Wildman–Crippen LogP) is 5.54. The molecule has 18 heavy (non-hydrogen) atoms. The van der Waals surface area contributed by atoms with Crippen LogP contribution in [0.1, 0.15) is 60.8 Å². The average Bonchev–Trinajstić information content (AvgIpc) is 3.01. The molecule has 0 nitrogen and oxygen atoms in total. The molecule has 0 aliphatic heterocycles. The first-order chi connectivity index (χ1) is 8.17. The van der Waals surface area contributed by atoms with Gasteiger partial charge in [-0.2, -0.15) is 0 Å². The Morgan fingerprint density at radius 2 is 1.56 bits per heavy atom. The van der Waals surface area contributed by atoms with Gasteiger partial charge in [0, 0.05) is 3.92 Å². The number of rotatable bonds is 0. The molecule has 0 bridgehead atoms. The highest BCUT2D eigenvalue weighted by molar-refractivity contribution is 14.1. The second-order valence-corrected chi connectivity index (χ2v) is 10.1. The topological polar surface area (TPSA) is 0 Å². The molecule has 1 spiro atoms. The van der Waals surface area contributed by atoms with Crippen LogP contribution < -0.4 is 0 Å². The van der Waals surface area contributed by atoms with Gasteiger partial charge in [0.2, 0.25) is 0 Å². The Bertz CT molecular complexity index is 364. The first kappa shape index (κ1) is 13.7. The number of hydrogen-bond acceptors (Lipinski definition) is 0. The normalized spacial score (nSPS) is 51.2. The Balaban J connectivity index is 2.08. The molecule has 3 rings (SSSR count). The molecular weight excluding hydrogens is 331 g/mol. The maximum Gasteiger partial charge on any atom is 0.0169 e. The lowest BCUT2D eigenvalue weighted by molar-refractivity contribution is -0.126. The highest BCUT2D eigenvalue weighted by atomic mass is 127. The summed E-state index contributed by atoms with van der Waals surface area (Å²) >= 11 is 2.78. The van der Waals surface area contributed by atoms with E-state index in [4.69, 9.17) is 0 Å². The molecule has 3 saturated carbocycles. The van der Waals surface area contributed by atoms with Crippen LogP contribution in [0.4, 0.5) is 0 Å². The second kappa shape index (κ2) is 3.68. The van der Waals surface area contributed by atoms with Crippen LogP contribution in [0, 0.1) is 39.9 Å². The molecule has 104 valence electrons. The zero-order chi connectivity index (χ0) is 13.5. The van der Waals surface area contributed by atoms with Gasteiger partial charge < -0.3 is 0 Å². The third-order valence-corrected chi connectivity index (χ3v) is 10.1. The van der Waals surface area contributed by atoms with Gasteiger partial charge >= 0.3 is 0 Å². The lowest BCUT2D eigenvalue weighted by atomic mass is 9.44. The number of alkyl halides is 1. The molecule has 0 aromatic heterocycles. The number of halogens is 1. The van der Waals surface area contributed by atoms with E-state index < -0.39 is 0 Å². The lowest BCUT2D eigenvalue weighted by Gasteiger charge is -2.61. The van der Waals surface area contributed by atoms with Crippen molar-refractivity contribution in [2.24, 2.45) is 39.9 Å². The van der Waals surface area contributed by atoms with Gasteiger partial charge in [-0.3, -0.25) is 0 Å². The summed E-state index contributed by atoms with van der Waals surface area (Å²) in [5.74, 6) is 3.79. The Morgan fingerprint density at radius 3 is 2.06 bits per heavy atom. The molecule has 0 N–H and O–H groups in total. The number of fused-ring (bicyclic) bond motifs is 1. The van der Waals surface area contributed by atoms with Crippen molar-refractivity contribution in [2.75, 3.05) is 0 Å². The molecule has 3 aliphatic carbocycles. The summed E-state index contributed by atoms with van der Waals surface area (Å²) in [6.07, 6.45) is 4.45. The Kier molecular flexibility index (Phi) is 2.80. The Hall–Kier alpha value is 0.730. The molecule has 5 unspecified atom stereocenters. The van der Waals surface area contributed by atoms with Crippen molar-refractivity contribution in [1.29, 1.82) is 0 Å². The molecular formula is C17H29I. The van der Waals surface area contributed by atoms with Crippen molar-refractivity contribution in [3.8, 4) is 0 Å². The molecule has 5 atom stereocenters. The summed E-state index contributed by atoms with van der Waals surface area (Å²) in [5.41, 5.74) is 1.70. The van der Waals surface area contributed by atoms with Crippen molar-refractivity contribution in [3.63, 3.8) is 0 Å². The molecule has 0 saturated heterocycles. The van der Waals surface area contributed by atoms with E-state index in [1.165, 1.54) is 19.3 Å². The summed E-state index contributed by atoms with van der Waals surface area (Å²) < 4.78 is 0.912. The molecule has 0 radical (unpaired) electrons. The van der Waals surface area contributed by atoms with Crippen LogP contribution in [0.3, 0.4) is 0 Å². The van der Waals surface area contributed by atoms with E-state index in [0.717, 1.165) is 27.6 Å². The molecule has 0 amide bonds. The minimum atomic E-state index is 0.509. The van der Waals surface area contributed by atoms with E-state index >= 15 is 0 Å². The maximum atomic E-state index is 2.78. The highest BCUT2D eigenvalue weighted by Crippen LogP contribution is 2.78. The van der Waals surface area contributed by atoms with Crippen molar-refractivity contribution >= 4 is 22.6 Å².